The second-order valence-corrected chi connectivity index (χ2v) is 3.54. The Labute approximate surface area is 79.9 Å². The Morgan fingerprint density at radius 3 is 2.23 bits per heavy atom. The zero-order chi connectivity index (χ0) is 10.3. The Balaban J connectivity index is 3.54. The van der Waals surface area contributed by atoms with Crippen molar-refractivity contribution in [3.8, 4) is 0 Å². The predicted octanol–water partition coefficient (Wildman–Crippen LogP) is -0.425. The third kappa shape index (κ3) is 5.99. The molecule has 6 N–H and O–H groups in total. The normalized spacial score (nSPS) is 18.2. The number of nitrogens with two attached hydrogens (primary N) is 2. The van der Waals surface area contributed by atoms with Crippen LogP contribution in [0.1, 0.15) is 32.6 Å². The first-order valence-electron chi connectivity index (χ1n) is 4.91. The summed E-state index contributed by atoms with van der Waals surface area (Å²) in [5.41, 5.74) is 11.2. The van der Waals surface area contributed by atoms with Gasteiger partial charge >= 0.3 is 0 Å². The summed E-state index contributed by atoms with van der Waals surface area (Å²) < 4.78 is 0. The zero-order valence-electron chi connectivity index (χ0n) is 8.32. The molecule has 0 rings (SSSR count). The SMILES string of the molecule is CCCC(N)C(O)CCC(N)CO. The number of aliphatic hydroxyl groups excluding tert-OH is 2. The summed E-state index contributed by atoms with van der Waals surface area (Å²) in [5, 5.41) is 18.2. The van der Waals surface area contributed by atoms with Crippen LogP contribution in [-0.2, 0) is 0 Å². The van der Waals surface area contributed by atoms with Gasteiger partial charge < -0.3 is 21.7 Å². The fourth-order valence-corrected chi connectivity index (χ4v) is 1.22. The van der Waals surface area contributed by atoms with Crippen LogP contribution in [0.3, 0.4) is 0 Å². The summed E-state index contributed by atoms with van der Waals surface area (Å²) in [5.74, 6) is 0. The van der Waals surface area contributed by atoms with Crippen molar-refractivity contribution in [1.82, 2.24) is 0 Å². The van der Waals surface area contributed by atoms with Crippen molar-refractivity contribution >= 4 is 0 Å². The fraction of sp³-hybridized carbons (Fsp3) is 1.00. The number of rotatable bonds is 7. The van der Waals surface area contributed by atoms with Crippen molar-refractivity contribution in [3.05, 3.63) is 0 Å². The lowest BCUT2D eigenvalue weighted by molar-refractivity contribution is 0.122. The van der Waals surface area contributed by atoms with Gasteiger partial charge in [-0.2, -0.15) is 0 Å². The number of hydrogen-bond donors (Lipinski definition) is 4. The maximum Gasteiger partial charge on any atom is 0.0691 e. The minimum absolute atomic E-state index is 0.0320. The van der Waals surface area contributed by atoms with Gasteiger partial charge in [-0.05, 0) is 19.3 Å². The molecule has 0 aliphatic heterocycles. The molecule has 0 spiro atoms. The van der Waals surface area contributed by atoms with Crippen LogP contribution in [0.25, 0.3) is 0 Å². The molecule has 0 amide bonds. The first-order valence-corrected chi connectivity index (χ1v) is 4.91. The standard InChI is InChI=1S/C9H22N2O2/c1-2-3-8(11)9(13)5-4-7(10)6-12/h7-9,12-13H,2-6,10-11H2,1H3. The molecule has 4 nitrogen and oxygen atoms in total. The molecule has 13 heavy (non-hydrogen) atoms. The van der Waals surface area contributed by atoms with E-state index in [-0.39, 0.29) is 18.7 Å². The van der Waals surface area contributed by atoms with Crippen LogP contribution < -0.4 is 11.5 Å². The third-order valence-corrected chi connectivity index (χ3v) is 2.18. The summed E-state index contributed by atoms with van der Waals surface area (Å²) >= 11 is 0. The maximum absolute atomic E-state index is 9.53. The largest absolute Gasteiger partial charge is 0.395 e. The molecule has 3 atom stereocenters. The van der Waals surface area contributed by atoms with Crippen LogP contribution in [0.15, 0.2) is 0 Å². The van der Waals surface area contributed by atoms with E-state index in [0.29, 0.717) is 12.8 Å². The Morgan fingerprint density at radius 1 is 1.15 bits per heavy atom. The molecular weight excluding hydrogens is 168 g/mol. The molecule has 4 heteroatoms. The molecule has 0 heterocycles. The van der Waals surface area contributed by atoms with E-state index in [1.165, 1.54) is 0 Å². The predicted molar refractivity (Wildman–Crippen MR) is 53.2 cm³/mol. The van der Waals surface area contributed by atoms with Crippen molar-refractivity contribution in [3.63, 3.8) is 0 Å². The number of hydrogen-bond acceptors (Lipinski definition) is 4. The lowest BCUT2D eigenvalue weighted by Gasteiger charge is -2.19. The van der Waals surface area contributed by atoms with Gasteiger partial charge in [0.25, 0.3) is 0 Å². The summed E-state index contributed by atoms with van der Waals surface area (Å²) in [7, 11) is 0. The third-order valence-electron chi connectivity index (χ3n) is 2.18. The average molecular weight is 190 g/mol. The van der Waals surface area contributed by atoms with Gasteiger partial charge in [-0.15, -0.1) is 0 Å². The van der Waals surface area contributed by atoms with E-state index < -0.39 is 6.10 Å². The molecule has 0 aliphatic carbocycles. The molecule has 0 radical (unpaired) electrons. The van der Waals surface area contributed by atoms with Crippen molar-refractivity contribution in [2.24, 2.45) is 11.5 Å². The lowest BCUT2D eigenvalue weighted by Crippen LogP contribution is -2.36. The molecule has 0 aliphatic rings. The molecule has 0 fully saturated rings. The van der Waals surface area contributed by atoms with Gasteiger partial charge in [0, 0.05) is 12.1 Å². The second kappa shape index (κ2) is 7.26. The highest BCUT2D eigenvalue weighted by Crippen LogP contribution is 2.06. The molecule has 80 valence electrons. The molecule has 0 saturated heterocycles. The monoisotopic (exact) mass is 190 g/mol. The smallest absolute Gasteiger partial charge is 0.0691 e. The van der Waals surface area contributed by atoms with Crippen molar-refractivity contribution < 1.29 is 10.2 Å². The van der Waals surface area contributed by atoms with E-state index in [4.69, 9.17) is 16.6 Å². The molecule has 0 aromatic carbocycles. The zero-order valence-corrected chi connectivity index (χ0v) is 8.32. The summed E-state index contributed by atoms with van der Waals surface area (Å²) in [6.45, 7) is 2.00. The highest BCUT2D eigenvalue weighted by atomic mass is 16.3. The van der Waals surface area contributed by atoms with Crippen LogP contribution in [0, 0.1) is 0 Å². The van der Waals surface area contributed by atoms with Crippen molar-refractivity contribution in [2.45, 2.75) is 50.8 Å². The minimum Gasteiger partial charge on any atom is -0.395 e. The van der Waals surface area contributed by atoms with Gasteiger partial charge in [-0.1, -0.05) is 13.3 Å². The van der Waals surface area contributed by atoms with Crippen LogP contribution in [0.4, 0.5) is 0 Å². The van der Waals surface area contributed by atoms with Gasteiger partial charge in [0.2, 0.25) is 0 Å². The van der Waals surface area contributed by atoms with E-state index in [1.54, 1.807) is 0 Å². The van der Waals surface area contributed by atoms with Crippen LogP contribution in [0.2, 0.25) is 0 Å². The topological polar surface area (TPSA) is 92.5 Å². The molecule has 0 bridgehead atoms. The van der Waals surface area contributed by atoms with Gasteiger partial charge in [0.05, 0.1) is 12.7 Å². The quantitative estimate of drug-likeness (QED) is 0.438. The fourth-order valence-electron chi connectivity index (χ4n) is 1.22. The molecular formula is C9H22N2O2. The Hall–Kier alpha value is -0.160. The highest BCUT2D eigenvalue weighted by molar-refractivity contribution is 4.73. The summed E-state index contributed by atoms with van der Waals surface area (Å²) in [6.07, 6.45) is 2.51. The summed E-state index contributed by atoms with van der Waals surface area (Å²) in [4.78, 5) is 0. The van der Waals surface area contributed by atoms with Gasteiger partial charge in [-0.25, -0.2) is 0 Å². The van der Waals surface area contributed by atoms with E-state index >= 15 is 0 Å². The van der Waals surface area contributed by atoms with Crippen molar-refractivity contribution in [1.29, 1.82) is 0 Å². The van der Waals surface area contributed by atoms with E-state index in [2.05, 4.69) is 0 Å². The van der Waals surface area contributed by atoms with Gasteiger partial charge in [0.15, 0.2) is 0 Å². The lowest BCUT2D eigenvalue weighted by atomic mass is 10.0. The molecule has 3 unspecified atom stereocenters. The summed E-state index contributed by atoms with van der Waals surface area (Å²) in [6, 6.07) is -0.389. The van der Waals surface area contributed by atoms with Gasteiger partial charge in [-0.3, -0.25) is 0 Å². The van der Waals surface area contributed by atoms with Gasteiger partial charge in [0.1, 0.15) is 0 Å². The van der Waals surface area contributed by atoms with Crippen LogP contribution >= 0.6 is 0 Å². The maximum atomic E-state index is 9.53. The van der Waals surface area contributed by atoms with Crippen LogP contribution in [-0.4, -0.2) is 35.0 Å². The van der Waals surface area contributed by atoms with Crippen LogP contribution in [0.5, 0.6) is 0 Å². The average Bonchev–Trinajstić information content (AvgIpc) is 2.13. The number of aliphatic hydroxyl groups is 2. The second-order valence-electron chi connectivity index (χ2n) is 3.54. The van der Waals surface area contributed by atoms with E-state index in [1.807, 2.05) is 6.92 Å². The Morgan fingerprint density at radius 2 is 1.77 bits per heavy atom. The first kappa shape index (κ1) is 12.8. The Kier molecular flexibility index (Phi) is 7.17. The van der Waals surface area contributed by atoms with E-state index in [9.17, 15) is 5.11 Å². The minimum atomic E-state index is -0.488. The molecule has 0 aromatic heterocycles. The van der Waals surface area contributed by atoms with E-state index in [0.717, 1.165) is 12.8 Å². The highest BCUT2D eigenvalue weighted by Gasteiger charge is 2.14. The molecule has 0 aromatic rings. The van der Waals surface area contributed by atoms with Crippen molar-refractivity contribution in [2.75, 3.05) is 6.61 Å². The molecule has 0 saturated carbocycles. The Bertz CT molecular complexity index is 122. The first-order chi connectivity index (χ1) is 6.11.